The second-order valence-electron chi connectivity index (χ2n) is 6.60. The molecule has 0 heterocycles. The van der Waals surface area contributed by atoms with Gasteiger partial charge in [0.1, 0.15) is 23.0 Å². The van der Waals surface area contributed by atoms with Gasteiger partial charge in [-0.15, -0.1) is 0 Å². The van der Waals surface area contributed by atoms with E-state index in [-0.39, 0.29) is 44.9 Å². The van der Waals surface area contributed by atoms with E-state index in [9.17, 15) is 20.4 Å². The molecular weight excluding hydrogens is 363 g/mol. The monoisotopic (exact) mass is 382 g/mol. The van der Waals surface area contributed by atoms with E-state index in [4.69, 9.17) is 23.2 Å². The third kappa shape index (κ3) is 3.60. The molecule has 25 heavy (non-hydrogen) atoms. The molecule has 2 aromatic carbocycles. The van der Waals surface area contributed by atoms with Crippen molar-refractivity contribution in [3.8, 4) is 23.0 Å². The van der Waals surface area contributed by atoms with Gasteiger partial charge in [0.15, 0.2) is 0 Å². The number of phenolic OH excluding ortho intramolecular Hbond substituents is 4. The van der Waals surface area contributed by atoms with E-state index < -0.39 is 0 Å². The summed E-state index contributed by atoms with van der Waals surface area (Å²) in [5.74, 6) is -0.707. The highest BCUT2D eigenvalue weighted by Gasteiger charge is 2.31. The van der Waals surface area contributed by atoms with Crippen LogP contribution in [0, 0.1) is 5.92 Å². The standard InChI is InChI=1S/C19H20Cl2O4/c20-13-6-11(15(22)8-17(13)24)19(10-4-2-1-3-5-10)12-7-14(21)18(25)9-16(12)23/h6-10,19,22-25H,1-5H2. The molecule has 134 valence electrons. The number of hydrogen-bond acceptors (Lipinski definition) is 4. The molecule has 2 aromatic rings. The summed E-state index contributed by atoms with van der Waals surface area (Å²) in [7, 11) is 0. The van der Waals surface area contributed by atoms with Gasteiger partial charge in [-0.1, -0.05) is 42.5 Å². The van der Waals surface area contributed by atoms with Crippen molar-refractivity contribution < 1.29 is 20.4 Å². The first-order chi connectivity index (χ1) is 11.9. The summed E-state index contributed by atoms with van der Waals surface area (Å²) in [6.45, 7) is 0. The molecule has 6 heteroatoms. The van der Waals surface area contributed by atoms with Gasteiger partial charge in [-0.05, 0) is 30.9 Å². The molecule has 4 nitrogen and oxygen atoms in total. The summed E-state index contributed by atoms with van der Waals surface area (Å²) in [6, 6.07) is 5.50. The number of phenols is 4. The smallest absolute Gasteiger partial charge is 0.137 e. The Balaban J connectivity index is 2.17. The van der Waals surface area contributed by atoms with Gasteiger partial charge in [-0.3, -0.25) is 0 Å². The van der Waals surface area contributed by atoms with Crippen molar-refractivity contribution in [1.82, 2.24) is 0 Å². The average molecular weight is 383 g/mol. The largest absolute Gasteiger partial charge is 0.508 e. The molecule has 0 unspecified atom stereocenters. The third-order valence-electron chi connectivity index (χ3n) is 4.98. The Morgan fingerprint density at radius 1 is 0.680 bits per heavy atom. The Morgan fingerprint density at radius 3 is 1.56 bits per heavy atom. The highest BCUT2D eigenvalue weighted by molar-refractivity contribution is 6.32. The van der Waals surface area contributed by atoms with E-state index in [0.717, 1.165) is 32.1 Å². The van der Waals surface area contributed by atoms with Gasteiger partial charge in [0.05, 0.1) is 10.0 Å². The molecule has 0 saturated heterocycles. The van der Waals surface area contributed by atoms with Crippen LogP contribution in [0.15, 0.2) is 24.3 Å². The minimum Gasteiger partial charge on any atom is -0.508 e. The quantitative estimate of drug-likeness (QED) is 0.562. The zero-order chi connectivity index (χ0) is 18.1. The molecule has 0 aliphatic heterocycles. The second kappa shape index (κ2) is 7.22. The van der Waals surface area contributed by atoms with Crippen molar-refractivity contribution in [2.45, 2.75) is 38.0 Å². The zero-order valence-corrected chi connectivity index (χ0v) is 15.1. The maximum Gasteiger partial charge on any atom is 0.137 e. The van der Waals surface area contributed by atoms with Crippen LogP contribution < -0.4 is 0 Å². The van der Waals surface area contributed by atoms with E-state index in [1.165, 1.54) is 24.3 Å². The van der Waals surface area contributed by atoms with Crippen LogP contribution in [0.5, 0.6) is 23.0 Å². The summed E-state index contributed by atoms with van der Waals surface area (Å²) in [5.41, 5.74) is 1.07. The summed E-state index contributed by atoms with van der Waals surface area (Å²) in [6.07, 6.45) is 5.19. The lowest BCUT2D eigenvalue weighted by molar-refractivity contribution is 0.316. The maximum absolute atomic E-state index is 10.4. The number of aromatic hydroxyl groups is 4. The van der Waals surface area contributed by atoms with Gasteiger partial charge in [0.2, 0.25) is 0 Å². The molecule has 1 aliphatic rings. The molecule has 4 N–H and O–H groups in total. The van der Waals surface area contributed by atoms with Crippen LogP contribution in [0.25, 0.3) is 0 Å². The van der Waals surface area contributed by atoms with Crippen LogP contribution in [-0.4, -0.2) is 20.4 Å². The van der Waals surface area contributed by atoms with Crippen molar-refractivity contribution in [3.63, 3.8) is 0 Å². The molecule has 1 saturated carbocycles. The Bertz CT molecular complexity index is 728. The van der Waals surface area contributed by atoms with Crippen LogP contribution in [0.3, 0.4) is 0 Å². The van der Waals surface area contributed by atoms with Crippen LogP contribution in [0.4, 0.5) is 0 Å². The topological polar surface area (TPSA) is 80.9 Å². The van der Waals surface area contributed by atoms with Gasteiger partial charge in [-0.25, -0.2) is 0 Å². The van der Waals surface area contributed by atoms with Gasteiger partial charge in [-0.2, -0.15) is 0 Å². The van der Waals surface area contributed by atoms with E-state index in [0.29, 0.717) is 11.1 Å². The lowest BCUT2D eigenvalue weighted by atomic mass is 9.73. The molecule has 1 fully saturated rings. The number of benzene rings is 2. The lowest BCUT2D eigenvalue weighted by Crippen LogP contribution is -2.18. The van der Waals surface area contributed by atoms with Gasteiger partial charge < -0.3 is 20.4 Å². The van der Waals surface area contributed by atoms with E-state index in [1.807, 2.05) is 0 Å². The Hall–Kier alpha value is -1.78. The Kier molecular flexibility index (Phi) is 5.21. The third-order valence-corrected chi connectivity index (χ3v) is 5.59. The highest BCUT2D eigenvalue weighted by atomic mass is 35.5. The SMILES string of the molecule is Oc1cc(O)c(C(c2cc(Cl)c(O)cc2O)C2CCCCC2)cc1Cl. The van der Waals surface area contributed by atoms with Gasteiger partial charge in [0.25, 0.3) is 0 Å². The first kappa shape index (κ1) is 18.0. The van der Waals surface area contributed by atoms with E-state index >= 15 is 0 Å². The highest BCUT2D eigenvalue weighted by Crippen LogP contribution is 2.49. The van der Waals surface area contributed by atoms with E-state index in [2.05, 4.69) is 0 Å². The molecule has 0 atom stereocenters. The van der Waals surface area contributed by atoms with Crippen molar-refractivity contribution in [1.29, 1.82) is 0 Å². The van der Waals surface area contributed by atoms with Crippen LogP contribution in [0.1, 0.15) is 49.1 Å². The minimum atomic E-state index is -0.337. The predicted molar refractivity (Wildman–Crippen MR) is 98.0 cm³/mol. The second-order valence-corrected chi connectivity index (χ2v) is 7.42. The molecule has 1 aliphatic carbocycles. The predicted octanol–water partition coefficient (Wildman–Crippen LogP) is 5.53. The fourth-order valence-electron chi connectivity index (χ4n) is 3.77. The van der Waals surface area contributed by atoms with E-state index in [1.54, 1.807) is 0 Å². The summed E-state index contributed by atoms with van der Waals surface area (Å²) in [5, 5.41) is 40.5. The molecule has 0 radical (unpaired) electrons. The maximum atomic E-state index is 10.4. The Labute approximate surface area is 156 Å². The lowest BCUT2D eigenvalue weighted by Gasteiger charge is -2.32. The van der Waals surface area contributed by atoms with Crippen LogP contribution in [0.2, 0.25) is 10.0 Å². The summed E-state index contributed by atoms with van der Waals surface area (Å²) in [4.78, 5) is 0. The molecule has 3 rings (SSSR count). The molecule has 0 spiro atoms. The van der Waals surface area contributed by atoms with Crippen LogP contribution >= 0.6 is 23.2 Å². The molecular formula is C19H20Cl2O4. The van der Waals surface area contributed by atoms with Crippen molar-refractivity contribution in [3.05, 3.63) is 45.4 Å². The first-order valence-electron chi connectivity index (χ1n) is 8.31. The number of rotatable bonds is 3. The molecule has 0 amide bonds. The minimum absolute atomic E-state index is 0.0823. The first-order valence-corrected chi connectivity index (χ1v) is 9.06. The van der Waals surface area contributed by atoms with Crippen LogP contribution in [-0.2, 0) is 0 Å². The van der Waals surface area contributed by atoms with Gasteiger partial charge in [0, 0.05) is 29.2 Å². The van der Waals surface area contributed by atoms with Gasteiger partial charge >= 0.3 is 0 Å². The summed E-state index contributed by atoms with van der Waals surface area (Å²) < 4.78 is 0. The molecule has 0 aromatic heterocycles. The normalized spacial score (nSPS) is 15.6. The number of halogens is 2. The van der Waals surface area contributed by atoms with Crippen molar-refractivity contribution in [2.24, 2.45) is 5.92 Å². The summed E-state index contributed by atoms with van der Waals surface area (Å²) >= 11 is 12.1. The fourth-order valence-corrected chi connectivity index (χ4v) is 4.12. The van der Waals surface area contributed by atoms with Crippen molar-refractivity contribution >= 4 is 23.2 Å². The number of hydrogen-bond donors (Lipinski definition) is 4. The molecule has 0 bridgehead atoms. The average Bonchev–Trinajstić information content (AvgIpc) is 2.58. The fraction of sp³-hybridized carbons (Fsp3) is 0.368. The van der Waals surface area contributed by atoms with Crippen molar-refractivity contribution in [2.75, 3.05) is 0 Å². The Morgan fingerprint density at radius 2 is 1.12 bits per heavy atom. The zero-order valence-electron chi connectivity index (χ0n) is 13.5.